The maximum absolute atomic E-state index is 14.2. The summed E-state index contributed by atoms with van der Waals surface area (Å²) >= 11 is 0. The summed E-state index contributed by atoms with van der Waals surface area (Å²) < 4.78 is 6.04. The predicted molar refractivity (Wildman–Crippen MR) is 163 cm³/mol. The van der Waals surface area contributed by atoms with Gasteiger partial charge in [0.1, 0.15) is 17.5 Å². The van der Waals surface area contributed by atoms with Crippen molar-refractivity contribution in [2.24, 2.45) is 5.92 Å². The van der Waals surface area contributed by atoms with Gasteiger partial charge >= 0.3 is 6.03 Å². The number of likely N-dealkylation sites (N-methyl/N-ethyl adjacent to an activating group) is 1. The second-order valence-electron chi connectivity index (χ2n) is 11.4. The highest BCUT2D eigenvalue weighted by atomic mass is 16.5. The van der Waals surface area contributed by atoms with E-state index in [0.717, 1.165) is 16.7 Å². The molecular formula is C34H38N4O4. The zero-order valence-corrected chi connectivity index (χ0v) is 24.8. The van der Waals surface area contributed by atoms with Crippen molar-refractivity contribution in [3.8, 4) is 11.5 Å². The Hall–Kier alpha value is -4.59. The van der Waals surface area contributed by atoms with Crippen molar-refractivity contribution in [3.63, 3.8) is 0 Å². The quantitative estimate of drug-likeness (QED) is 0.317. The number of nitrogens with one attached hydrogen (secondary N) is 2. The molecule has 0 saturated carbocycles. The molecule has 0 saturated heterocycles. The summed E-state index contributed by atoms with van der Waals surface area (Å²) in [4.78, 5) is 44.5. The molecule has 2 unspecified atom stereocenters. The third kappa shape index (κ3) is 6.03. The minimum absolute atomic E-state index is 0.162. The zero-order chi connectivity index (χ0) is 30.0. The van der Waals surface area contributed by atoms with Gasteiger partial charge in [0.2, 0.25) is 5.91 Å². The fourth-order valence-electron chi connectivity index (χ4n) is 5.83. The second-order valence-corrected chi connectivity index (χ2v) is 11.4. The molecule has 0 bridgehead atoms. The molecule has 0 aliphatic carbocycles. The van der Waals surface area contributed by atoms with E-state index in [1.165, 1.54) is 0 Å². The molecule has 218 valence electrons. The van der Waals surface area contributed by atoms with Crippen LogP contribution < -0.4 is 15.4 Å². The summed E-state index contributed by atoms with van der Waals surface area (Å²) in [7, 11) is 0. The van der Waals surface area contributed by atoms with Gasteiger partial charge in [0.05, 0.1) is 23.9 Å². The fourth-order valence-corrected chi connectivity index (χ4v) is 5.83. The van der Waals surface area contributed by atoms with Crippen molar-refractivity contribution in [1.29, 1.82) is 0 Å². The summed E-state index contributed by atoms with van der Waals surface area (Å²) in [5.74, 6) is 0.966. The Morgan fingerprint density at radius 1 is 0.976 bits per heavy atom. The van der Waals surface area contributed by atoms with E-state index >= 15 is 0 Å². The first-order chi connectivity index (χ1) is 20.1. The van der Waals surface area contributed by atoms with Crippen molar-refractivity contribution >= 4 is 23.5 Å². The zero-order valence-electron chi connectivity index (χ0n) is 24.8. The summed E-state index contributed by atoms with van der Waals surface area (Å²) in [6.07, 6.45) is 0.488. The number of anilines is 1. The van der Waals surface area contributed by atoms with E-state index in [0.29, 0.717) is 41.4 Å². The van der Waals surface area contributed by atoms with Crippen LogP contribution in [0.1, 0.15) is 49.9 Å². The van der Waals surface area contributed by atoms with Gasteiger partial charge in [-0.3, -0.25) is 14.5 Å². The highest BCUT2D eigenvalue weighted by Crippen LogP contribution is 2.39. The smallest absolute Gasteiger partial charge is 0.322 e. The first kappa shape index (κ1) is 28.9. The second kappa shape index (κ2) is 12.1. The Morgan fingerprint density at radius 3 is 2.33 bits per heavy atom. The minimum atomic E-state index is -0.703. The third-order valence-corrected chi connectivity index (χ3v) is 7.60. The standard InChI is InChI=1S/C34H38N4O4/c1-6-37-29-20-38(28(15-21(2)3)32(39)35-25-17-22(4)16-23(5)18-25)33(40)30(29)31(36-34(37)41)24-11-10-14-27(19-24)42-26-12-8-7-9-13-26/h7-14,16-19,21,28,31H,6,15,20H2,1-5H3,(H,35,39)(H,36,41). The molecular weight excluding hydrogens is 528 g/mol. The number of urea groups is 1. The lowest BCUT2D eigenvalue weighted by molar-refractivity contribution is -0.134. The van der Waals surface area contributed by atoms with E-state index in [9.17, 15) is 14.4 Å². The molecule has 3 aromatic rings. The number of amides is 4. The Morgan fingerprint density at radius 2 is 1.67 bits per heavy atom. The molecule has 42 heavy (non-hydrogen) atoms. The maximum Gasteiger partial charge on any atom is 0.322 e. The topological polar surface area (TPSA) is 91.0 Å². The van der Waals surface area contributed by atoms with Gasteiger partial charge in [-0.2, -0.15) is 0 Å². The first-order valence-corrected chi connectivity index (χ1v) is 14.5. The Bertz CT molecular complexity index is 1510. The Labute approximate surface area is 247 Å². The predicted octanol–water partition coefficient (Wildman–Crippen LogP) is 6.33. The normalized spacial score (nSPS) is 17.3. The van der Waals surface area contributed by atoms with Crippen molar-refractivity contribution in [1.82, 2.24) is 15.1 Å². The summed E-state index contributed by atoms with van der Waals surface area (Å²) in [6.45, 7) is 10.5. The lowest BCUT2D eigenvalue weighted by Crippen LogP contribution is -2.47. The number of carbonyl (C=O) groups is 3. The van der Waals surface area contributed by atoms with Gasteiger partial charge in [-0.25, -0.2) is 4.79 Å². The number of rotatable bonds is 9. The van der Waals surface area contributed by atoms with E-state index < -0.39 is 12.1 Å². The minimum Gasteiger partial charge on any atom is -0.457 e. The summed E-state index contributed by atoms with van der Waals surface area (Å²) in [5, 5.41) is 6.09. The number of carbonyl (C=O) groups excluding carboxylic acids is 3. The first-order valence-electron chi connectivity index (χ1n) is 14.5. The van der Waals surface area contributed by atoms with Gasteiger partial charge in [-0.1, -0.05) is 50.2 Å². The number of nitrogens with zero attached hydrogens (tertiary/aromatic N) is 2. The molecule has 2 aliphatic heterocycles. The molecule has 2 N–H and O–H groups in total. The van der Waals surface area contributed by atoms with E-state index in [1.807, 2.05) is 107 Å². The number of hydrogen-bond donors (Lipinski definition) is 2. The number of hydrogen-bond acceptors (Lipinski definition) is 4. The number of benzene rings is 3. The molecule has 3 aromatic carbocycles. The van der Waals surface area contributed by atoms with Crippen molar-refractivity contribution in [2.75, 3.05) is 18.4 Å². The van der Waals surface area contributed by atoms with Crippen LogP contribution in [0.15, 0.2) is 84.1 Å². The van der Waals surface area contributed by atoms with Crippen molar-refractivity contribution < 1.29 is 19.1 Å². The maximum atomic E-state index is 14.2. The molecule has 2 heterocycles. The van der Waals surface area contributed by atoms with Crippen molar-refractivity contribution in [2.45, 2.75) is 53.1 Å². The van der Waals surface area contributed by atoms with Crippen LogP contribution in [-0.2, 0) is 9.59 Å². The van der Waals surface area contributed by atoms with Crippen LogP contribution in [0.4, 0.5) is 10.5 Å². The van der Waals surface area contributed by atoms with Gasteiger partial charge in [-0.05, 0) is 86.2 Å². The summed E-state index contributed by atoms with van der Waals surface area (Å²) in [6, 6.07) is 21.1. The fraction of sp³-hybridized carbons (Fsp3) is 0.324. The molecule has 8 heteroatoms. The van der Waals surface area contributed by atoms with Crippen LogP contribution in [0.5, 0.6) is 11.5 Å². The van der Waals surface area contributed by atoms with Gasteiger partial charge in [0.25, 0.3) is 5.91 Å². The lowest BCUT2D eigenvalue weighted by atomic mass is 9.95. The average Bonchev–Trinajstić information content (AvgIpc) is 3.27. The van der Waals surface area contributed by atoms with Crippen LogP contribution in [0, 0.1) is 19.8 Å². The molecule has 0 spiro atoms. The van der Waals surface area contributed by atoms with Gasteiger partial charge in [0.15, 0.2) is 0 Å². The van der Waals surface area contributed by atoms with Gasteiger partial charge in [0, 0.05) is 12.2 Å². The highest BCUT2D eigenvalue weighted by Gasteiger charge is 2.47. The largest absolute Gasteiger partial charge is 0.457 e. The van der Waals surface area contributed by atoms with Crippen LogP contribution in [0.3, 0.4) is 0 Å². The SMILES string of the molecule is CCN1C(=O)NC(c2cccc(Oc3ccccc3)c2)C2=C1CN(C(CC(C)C)C(=O)Nc1cc(C)cc(C)c1)C2=O. The van der Waals surface area contributed by atoms with Crippen LogP contribution in [-0.4, -0.2) is 46.8 Å². The van der Waals surface area contributed by atoms with E-state index in [-0.39, 0.29) is 30.3 Å². The van der Waals surface area contributed by atoms with Crippen LogP contribution in [0.25, 0.3) is 0 Å². The van der Waals surface area contributed by atoms with Gasteiger partial charge in [-0.15, -0.1) is 0 Å². The van der Waals surface area contributed by atoms with Crippen molar-refractivity contribution in [3.05, 3.63) is 101 Å². The van der Waals surface area contributed by atoms with Crippen LogP contribution in [0.2, 0.25) is 0 Å². The molecule has 2 atom stereocenters. The Balaban J connectivity index is 1.47. The number of ether oxygens (including phenoxy) is 1. The number of para-hydroxylation sites is 1. The molecule has 0 aromatic heterocycles. The van der Waals surface area contributed by atoms with E-state index in [2.05, 4.69) is 10.6 Å². The van der Waals surface area contributed by atoms with E-state index in [1.54, 1.807) is 9.80 Å². The molecule has 5 rings (SSSR count). The monoisotopic (exact) mass is 566 g/mol. The molecule has 2 aliphatic rings. The molecule has 4 amide bonds. The molecule has 0 radical (unpaired) electrons. The number of aryl methyl sites for hydroxylation is 2. The van der Waals surface area contributed by atoms with Crippen LogP contribution >= 0.6 is 0 Å². The summed E-state index contributed by atoms with van der Waals surface area (Å²) in [5.41, 5.74) is 4.65. The van der Waals surface area contributed by atoms with E-state index in [4.69, 9.17) is 4.74 Å². The Kier molecular flexibility index (Phi) is 8.34. The van der Waals surface area contributed by atoms with Gasteiger partial charge < -0.3 is 20.3 Å². The highest BCUT2D eigenvalue weighted by molar-refractivity contribution is 6.05. The molecule has 8 nitrogen and oxygen atoms in total. The third-order valence-electron chi connectivity index (χ3n) is 7.60. The average molecular weight is 567 g/mol. The lowest BCUT2D eigenvalue weighted by Gasteiger charge is -2.33. The molecule has 0 fully saturated rings.